The monoisotopic (exact) mass is 453 g/mol. The number of nitrogens with zero attached hydrogens (tertiary/aromatic N) is 3. The molecule has 3 rings (SSSR count). The number of rotatable bonds is 5. The van der Waals surface area contributed by atoms with Gasteiger partial charge < -0.3 is 0 Å². The van der Waals surface area contributed by atoms with Gasteiger partial charge >= 0.3 is 0 Å². The molecule has 0 saturated heterocycles. The zero-order valence-electron chi connectivity index (χ0n) is 13.5. The fourth-order valence-corrected chi connectivity index (χ4v) is 3.78. The van der Waals surface area contributed by atoms with Crippen molar-refractivity contribution >= 4 is 50.5 Å². The average Bonchev–Trinajstić information content (AvgIpc) is 3.11. The minimum atomic E-state index is -0.614. The number of anilines is 1. The van der Waals surface area contributed by atoms with Crippen molar-refractivity contribution in [3.8, 4) is 10.7 Å². The molecular weight excluding hydrogens is 441 g/mol. The molecular formula is C16H13BrFN5OS2. The van der Waals surface area contributed by atoms with Crippen LogP contribution in [0.1, 0.15) is 16.1 Å². The van der Waals surface area contributed by atoms with Gasteiger partial charge in [-0.3, -0.25) is 19.8 Å². The minimum Gasteiger partial charge on any atom is -0.298 e. The van der Waals surface area contributed by atoms with E-state index in [-0.39, 0.29) is 5.56 Å². The zero-order valence-corrected chi connectivity index (χ0v) is 16.8. The van der Waals surface area contributed by atoms with Crippen molar-refractivity contribution in [2.45, 2.75) is 13.5 Å². The number of allylic oxidation sites excluding steroid dienone is 1. The van der Waals surface area contributed by atoms with E-state index in [1.54, 1.807) is 23.6 Å². The predicted octanol–water partition coefficient (Wildman–Crippen LogP) is 4.71. The van der Waals surface area contributed by atoms with E-state index < -0.39 is 11.7 Å². The lowest BCUT2D eigenvalue weighted by molar-refractivity contribution is 0.102. The van der Waals surface area contributed by atoms with Gasteiger partial charge in [-0.2, -0.15) is 5.10 Å². The summed E-state index contributed by atoms with van der Waals surface area (Å²) in [5.74, 6) is -0.572. The van der Waals surface area contributed by atoms with Gasteiger partial charge in [-0.25, -0.2) is 9.37 Å². The van der Waals surface area contributed by atoms with Gasteiger partial charge in [0.25, 0.3) is 5.91 Å². The van der Waals surface area contributed by atoms with Crippen molar-refractivity contribution < 1.29 is 9.18 Å². The van der Waals surface area contributed by atoms with Gasteiger partial charge in [-0.1, -0.05) is 33.3 Å². The van der Waals surface area contributed by atoms with Crippen LogP contribution >= 0.6 is 39.5 Å². The SMILES string of the molecule is C=CCn1c(-c2sc(NC(=O)c3ccc(Br)cc3F)nc2C)n[nH]c1=S. The fourth-order valence-electron chi connectivity index (χ4n) is 2.28. The molecule has 1 aromatic carbocycles. The van der Waals surface area contributed by atoms with Crippen LogP contribution in [-0.2, 0) is 6.54 Å². The first-order valence-corrected chi connectivity index (χ1v) is 9.42. The van der Waals surface area contributed by atoms with E-state index in [1.165, 1.54) is 23.5 Å². The summed E-state index contributed by atoms with van der Waals surface area (Å²) in [6.45, 7) is 6.01. The van der Waals surface area contributed by atoms with Gasteiger partial charge in [0.2, 0.25) is 0 Å². The molecule has 0 unspecified atom stereocenters. The lowest BCUT2D eigenvalue weighted by atomic mass is 10.2. The summed E-state index contributed by atoms with van der Waals surface area (Å²) in [4.78, 5) is 17.4. The number of aryl methyl sites for hydroxylation is 1. The largest absolute Gasteiger partial charge is 0.298 e. The van der Waals surface area contributed by atoms with E-state index in [4.69, 9.17) is 12.2 Å². The molecule has 6 nitrogen and oxygen atoms in total. The number of nitrogens with one attached hydrogen (secondary N) is 2. The smallest absolute Gasteiger partial charge is 0.260 e. The number of hydrogen-bond donors (Lipinski definition) is 2. The molecule has 0 saturated carbocycles. The van der Waals surface area contributed by atoms with E-state index in [0.29, 0.717) is 32.4 Å². The molecule has 0 atom stereocenters. The minimum absolute atomic E-state index is 0.0584. The van der Waals surface area contributed by atoms with Gasteiger partial charge in [0.05, 0.1) is 16.1 Å². The second kappa shape index (κ2) is 7.60. The van der Waals surface area contributed by atoms with Crippen molar-refractivity contribution in [1.82, 2.24) is 19.7 Å². The van der Waals surface area contributed by atoms with Crippen molar-refractivity contribution in [2.24, 2.45) is 0 Å². The lowest BCUT2D eigenvalue weighted by Crippen LogP contribution is -2.13. The Bertz CT molecular complexity index is 1060. The Labute approximate surface area is 165 Å². The van der Waals surface area contributed by atoms with Crippen LogP contribution in [-0.4, -0.2) is 25.7 Å². The third-order valence-corrected chi connectivity index (χ3v) is 5.34. The van der Waals surface area contributed by atoms with E-state index in [1.807, 2.05) is 0 Å². The molecule has 2 N–H and O–H groups in total. The summed E-state index contributed by atoms with van der Waals surface area (Å²) in [6, 6.07) is 4.25. The number of thiazole rings is 1. The maximum Gasteiger partial charge on any atom is 0.260 e. The molecule has 2 aromatic heterocycles. The van der Waals surface area contributed by atoms with Gasteiger partial charge in [0.15, 0.2) is 15.7 Å². The third-order valence-electron chi connectivity index (χ3n) is 3.47. The molecule has 3 aromatic rings. The highest BCUT2D eigenvalue weighted by atomic mass is 79.9. The second-order valence-electron chi connectivity index (χ2n) is 5.26. The van der Waals surface area contributed by atoms with E-state index >= 15 is 0 Å². The van der Waals surface area contributed by atoms with Gasteiger partial charge in [0.1, 0.15) is 5.82 Å². The number of aromatic nitrogens is 4. The molecule has 0 bridgehead atoms. The number of carbonyl (C=O) groups excluding carboxylic acids is 1. The number of aromatic amines is 1. The summed E-state index contributed by atoms with van der Waals surface area (Å²) in [7, 11) is 0. The van der Waals surface area contributed by atoms with Crippen molar-refractivity contribution in [2.75, 3.05) is 5.32 Å². The molecule has 0 radical (unpaired) electrons. The molecule has 0 spiro atoms. The number of amides is 1. The first kappa shape index (κ1) is 18.6. The van der Waals surface area contributed by atoms with Crippen LogP contribution in [0.3, 0.4) is 0 Å². The fraction of sp³-hybridized carbons (Fsp3) is 0.125. The van der Waals surface area contributed by atoms with Gasteiger partial charge in [-0.15, -0.1) is 6.58 Å². The molecule has 1 amide bonds. The molecule has 10 heteroatoms. The average molecular weight is 454 g/mol. The van der Waals surface area contributed by atoms with Crippen molar-refractivity contribution in [1.29, 1.82) is 0 Å². The highest BCUT2D eigenvalue weighted by Gasteiger charge is 2.19. The van der Waals surface area contributed by atoms with E-state index in [0.717, 1.165) is 4.88 Å². The van der Waals surface area contributed by atoms with Crippen LogP contribution in [0.15, 0.2) is 35.3 Å². The molecule has 2 heterocycles. The second-order valence-corrected chi connectivity index (χ2v) is 7.56. The highest BCUT2D eigenvalue weighted by molar-refractivity contribution is 9.10. The number of hydrogen-bond acceptors (Lipinski definition) is 5. The summed E-state index contributed by atoms with van der Waals surface area (Å²) in [6.07, 6.45) is 1.71. The lowest BCUT2D eigenvalue weighted by Gasteiger charge is -2.03. The molecule has 0 aliphatic carbocycles. The summed E-state index contributed by atoms with van der Waals surface area (Å²) in [5.41, 5.74) is 0.623. The van der Waals surface area contributed by atoms with Crippen molar-refractivity contribution in [3.63, 3.8) is 0 Å². The van der Waals surface area contributed by atoms with Crippen LogP contribution in [0.4, 0.5) is 9.52 Å². The van der Waals surface area contributed by atoms with Gasteiger partial charge in [0, 0.05) is 11.0 Å². The van der Waals surface area contributed by atoms with E-state index in [2.05, 4.69) is 43.0 Å². The molecule has 134 valence electrons. The van der Waals surface area contributed by atoms with E-state index in [9.17, 15) is 9.18 Å². The summed E-state index contributed by atoms with van der Waals surface area (Å²) in [5, 5.41) is 9.95. The molecule has 26 heavy (non-hydrogen) atoms. The molecule has 0 aliphatic rings. The van der Waals surface area contributed by atoms with Crippen LogP contribution in [0, 0.1) is 17.5 Å². The van der Waals surface area contributed by atoms with Crippen LogP contribution in [0.2, 0.25) is 0 Å². The Morgan fingerprint density at radius 1 is 1.58 bits per heavy atom. The zero-order chi connectivity index (χ0) is 18.8. The first-order chi connectivity index (χ1) is 12.4. The Balaban J connectivity index is 1.90. The Morgan fingerprint density at radius 3 is 3.04 bits per heavy atom. The van der Waals surface area contributed by atoms with Crippen LogP contribution in [0.5, 0.6) is 0 Å². The standard InChI is InChI=1S/C16H13BrFN5OS2/c1-3-6-23-13(21-22-16(23)25)12-8(2)19-15(26-12)20-14(24)10-5-4-9(17)7-11(10)18/h3-5,7H,1,6H2,2H3,(H,22,25)(H,19,20,24). The topological polar surface area (TPSA) is 75.6 Å². The first-order valence-electron chi connectivity index (χ1n) is 7.41. The quantitative estimate of drug-likeness (QED) is 0.433. The number of H-pyrrole nitrogens is 1. The van der Waals surface area contributed by atoms with Crippen LogP contribution in [0.25, 0.3) is 10.7 Å². The molecule has 0 aliphatic heterocycles. The Kier molecular flexibility index (Phi) is 5.44. The molecule has 0 fully saturated rings. The van der Waals surface area contributed by atoms with Crippen molar-refractivity contribution in [3.05, 3.63) is 57.2 Å². The number of benzene rings is 1. The normalized spacial score (nSPS) is 10.7. The maximum absolute atomic E-state index is 13.9. The summed E-state index contributed by atoms with van der Waals surface area (Å²) < 4.78 is 16.8. The predicted molar refractivity (Wildman–Crippen MR) is 106 cm³/mol. The Morgan fingerprint density at radius 2 is 2.35 bits per heavy atom. The highest BCUT2D eigenvalue weighted by Crippen LogP contribution is 2.32. The summed E-state index contributed by atoms with van der Waals surface area (Å²) >= 11 is 9.62. The third kappa shape index (κ3) is 3.67. The Hall–Kier alpha value is -2.17. The maximum atomic E-state index is 13.9. The number of halogens is 2. The van der Waals surface area contributed by atoms with Crippen LogP contribution < -0.4 is 5.32 Å². The van der Waals surface area contributed by atoms with Gasteiger partial charge in [-0.05, 0) is 37.3 Å². The number of carbonyl (C=O) groups is 1.